The number of rotatable bonds is 10. The van der Waals surface area contributed by atoms with Crippen molar-refractivity contribution in [3.63, 3.8) is 0 Å². The summed E-state index contributed by atoms with van der Waals surface area (Å²) >= 11 is 0. The molecular formula is C32H38N2O4. The van der Waals surface area contributed by atoms with Crippen molar-refractivity contribution in [1.82, 2.24) is 4.90 Å². The molecule has 0 saturated carbocycles. The third-order valence-electron chi connectivity index (χ3n) is 7.62. The van der Waals surface area contributed by atoms with Crippen molar-refractivity contribution in [2.24, 2.45) is 0 Å². The van der Waals surface area contributed by atoms with Gasteiger partial charge < -0.3 is 19.5 Å². The van der Waals surface area contributed by atoms with E-state index in [4.69, 9.17) is 14.2 Å². The van der Waals surface area contributed by atoms with Crippen LogP contribution >= 0.6 is 0 Å². The fourth-order valence-electron chi connectivity index (χ4n) is 5.61. The molecule has 1 fully saturated rings. The molecule has 0 aromatic heterocycles. The quantitative estimate of drug-likeness (QED) is 0.335. The largest absolute Gasteiger partial charge is 0.494 e. The molecule has 3 aromatic carbocycles. The number of amides is 1. The molecule has 0 bridgehead atoms. The number of carbonyl (C=O) groups excluding carboxylic acids is 1. The van der Waals surface area contributed by atoms with E-state index < -0.39 is 0 Å². The summed E-state index contributed by atoms with van der Waals surface area (Å²) in [5.74, 6) is 2.79. The zero-order valence-corrected chi connectivity index (χ0v) is 22.7. The van der Waals surface area contributed by atoms with E-state index in [0.717, 1.165) is 55.2 Å². The van der Waals surface area contributed by atoms with Crippen LogP contribution in [-0.2, 0) is 17.6 Å². The zero-order chi connectivity index (χ0) is 26.5. The number of likely N-dealkylation sites (tertiary alicyclic amines) is 1. The maximum Gasteiger partial charge on any atom is 0.238 e. The van der Waals surface area contributed by atoms with E-state index in [9.17, 15) is 4.79 Å². The van der Waals surface area contributed by atoms with Crippen LogP contribution < -0.4 is 19.5 Å². The molecule has 0 spiro atoms. The molecule has 1 N–H and O–H groups in total. The molecule has 2 heterocycles. The lowest BCUT2D eigenvalue weighted by Crippen LogP contribution is -2.33. The Bertz CT molecular complexity index is 1230. The second-order valence-corrected chi connectivity index (χ2v) is 10.1. The van der Waals surface area contributed by atoms with Crippen LogP contribution in [0, 0.1) is 0 Å². The first kappa shape index (κ1) is 26.1. The van der Waals surface area contributed by atoms with Gasteiger partial charge in [0.15, 0.2) is 11.5 Å². The van der Waals surface area contributed by atoms with Gasteiger partial charge in [-0.2, -0.15) is 0 Å². The fraction of sp³-hybridized carbons (Fsp3) is 0.406. The van der Waals surface area contributed by atoms with Gasteiger partial charge in [-0.1, -0.05) is 57.2 Å². The van der Waals surface area contributed by atoms with Gasteiger partial charge in [0.25, 0.3) is 0 Å². The Balaban J connectivity index is 1.37. The summed E-state index contributed by atoms with van der Waals surface area (Å²) in [7, 11) is 0. The topological polar surface area (TPSA) is 60.0 Å². The van der Waals surface area contributed by atoms with Crippen LogP contribution in [0.15, 0.2) is 60.7 Å². The van der Waals surface area contributed by atoms with Crippen LogP contribution in [0.4, 0.5) is 5.69 Å². The van der Waals surface area contributed by atoms with Gasteiger partial charge in [0.1, 0.15) is 5.75 Å². The van der Waals surface area contributed by atoms with Crippen molar-refractivity contribution in [2.75, 3.05) is 31.8 Å². The molecule has 3 aromatic rings. The minimum atomic E-state index is 0.0276. The molecule has 38 heavy (non-hydrogen) atoms. The maximum atomic E-state index is 13.4. The lowest BCUT2D eigenvalue weighted by Gasteiger charge is -2.25. The lowest BCUT2D eigenvalue weighted by molar-refractivity contribution is -0.117. The first-order valence-electron chi connectivity index (χ1n) is 13.9. The third-order valence-corrected chi connectivity index (χ3v) is 7.62. The monoisotopic (exact) mass is 514 g/mol. The number of nitrogens with one attached hydrogen (secondary N) is 1. The highest BCUT2D eigenvalue weighted by Crippen LogP contribution is 2.43. The predicted molar refractivity (Wildman–Crippen MR) is 150 cm³/mol. The highest BCUT2D eigenvalue weighted by atomic mass is 16.7. The van der Waals surface area contributed by atoms with Gasteiger partial charge in [0, 0.05) is 18.3 Å². The molecule has 6 nitrogen and oxygen atoms in total. The number of para-hydroxylation sites is 1. The number of aryl methyl sites for hydroxylation is 2. The molecule has 0 aliphatic carbocycles. The third kappa shape index (κ3) is 5.65. The second-order valence-electron chi connectivity index (χ2n) is 10.1. The first-order valence-corrected chi connectivity index (χ1v) is 13.9. The summed E-state index contributed by atoms with van der Waals surface area (Å²) in [6, 6.07) is 21.0. The summed E-state index contributed by atoms with van der Waals surface area (Å²) in [6.45, 7) is 8.47. The molecule has 1 saturated heterocycles. The number of fused-ring (bicyclic) bond motifs is 1. The summed E-state index contributed by atoms with van der Waals surface area (Å²) in [5, 5.41) is 3.26. The van der Waals surface area contributed by atoms with Crippen molar-refractivity contribution >= 4 is 11.6 Å². The fourth-order valence-corrected chi connectivity index (χ4v) is 5.61. The molecule has 1 amide bonds. The van der Waals surface area contributed by atoms with Gasteiger partial charge >= 0.3 is 0 Å². The van der Waals surface area contributed by atoms with Crippen LogP contribution in [0.25, 0.3) is 0 Å². The molecule has 200 valence electrons. The lowest BCUT2D eigenvalue weighted by atomic mass is 9.93. The van der Waals surface area contributed by atoms with Crippen LogP contribution in [0.2, 0.25) is 0 Å². The number of benzene rings is 3. The number of hydrogen-bond acceptors (Lipinski definition) is 5. The molecule has 0 radical (unpaired) electrons. The Hall–Kier alpha value is -3.51. The predicted octanol–water partition coefficient (Wildman–Crippen LogP) is 6.50. The summed E-state index contributed by atoms with van der Waals surface area (Å²) in [4.78, 5) is 15.8. The van der Waals surface area contributed by atoms with E-state index in [1.165, 1.54) is 22.3 Å². The SMILES string of the molecule is CCCOc1ccc([C@H]2C[C@@H](c3ccc4c(c3)OCO4)CN2CC(=O)Nc2c(CC)cccc2CC)cc1. The van der Waals surface area contributed by atoms with E-state index in [1.54, 1.807) is 0 Å². The normalized spacial score (nSPS) is 18.5. The molecular weight excluding hydrogens is 476 g/mol. The molecule has 2 atom stereocenters. The van der Waals surface area contributed by atoms with Crippen molar-refractivity contribution in [1.29, 1.82) is 0 Å². The van der Waals surface area contributed by atoms with Gasteiger partial charge in [-0.15, -0.1) is 0 Å². The number of ether oxygens (including phenoxy) is 3. The first-order chi connectivity index (χ1) is 18.6. The van der Waals surface area contributed by atoms with Crippen molar-refractivity contribution in [2.45, 2.75) is 58.4 Å². The van der Waals surface area contributed by atoms with Crippen LogP contribution in [0.3, 0.4) is 0 Å². The van der Waals surface area contributed by atoms with Crippen LogP contribution in [0.5, 0.6) is 17.2 Å². The van der Waals surface area contributed by atoms with Crippen molar-refractivity contribution in [3.8, 4) is 17.2 Å². The van der Waals surface area contributed by atoms with Gasteiger partial charge in [-0.05, 0) is 78.1 Å². The van der Waals surface area contributed by atoms with Gasteiger partial charge in [-0.3, -0.25) is 9.69 Å². The van der Waals surface area contributed by atoms with Crippen molar-refractivity contribution in [3.05, 3.63) is 82.9 Å². The molecule has 5 rings (SSSR count). The smallest absolute Gasteiger partial charge is 0.238 e. The average molecular weight is 515 g/mol. The summed E-state index contributed by atoms with van der Waals surface area (Å²) in [5.41, 5.74) is 5.75. The Labute approximate surface area is 225 Å². The average Bonchev–Trinajstić information content (AvgIpc) is 3.59. The minimum absolute atomic E-state index is 0.0276. The summed E-state index contributed by atoms with van der Waals surface area (Å²) < 4.78 is 17.0. The molecule has 2 aliphatic rings. The highest BCUT2D eigenvalue weighted by Gasteiger charge is 2.35. The number of anilines is 1. The minimum Gasteiger partial charge on any atom is -0.494 e. The highest BCUT2D eigenvalue weighted by molar-refractivity contribution is 5.94. The Morgan fingerprint density at radius 1 is 0.947 bits per heavy atom. The van der Waals surface area contributed by atoms with E-state index in [2.05, 4.69) is 73.5 Å². The zero-order valence-electron chi connectivity index (χ0n) is 22.7. The Morgan fingerprint density at radius 2 is 1.66 bits per heavy atom. The van der Waals surface area contributed by atoms with Gasteiger partial charge in [-0.25, -0.2) is 0 Å². The Morgan fingerprint density at radius 3 is 2.37 bits per heavy atom. The molecule has 6 heteroatoms. The van der Waals surface area contributed by atoms with Crippen LogP contribution in [0.1, 0.15) is 67.8 Å². The van der Waals surface area contributed by atoms with Crippen molar-refractivity contribution < 1.29 is 19.0 Å². The standard InChI is InChI=1S/C32H38N2O4/c1-4-16-36-27-13-10-24(11-14-27)28-17-26(25-12-15-29-30(18-25)38-21-37-29)19-34(28)20-31(35)33-32-22(5-2)8-7-9-23(32)6-3/h7-15,18,26,28H,4-6,16-17,19-21H2,1-3H3,(H,33,35)/t26-,28-/m1/s1. The van der Waals surface area contributed by atoms with Gasteiger partial charge in [0.05, 0.1) is 13.2 Å². The number of hydrogen-bond donors (Lipinski definition) is 1. The number of nitrogens with zero attached hydrogens (tertiary/aromatic N) is 1. The molecule has 2 aliphatic heterocycles. The van der Waals surface area contributed by atoms with E-state index >= 15 is 0 Å². The second kappa shape index (κ2) is 11.9. The summed E-state index contributed by atoms with van der Waals surface area (Å²) in [6.07, 6.45) is 3.67. The molecule has 0 unspecified atom stereocenters. The van der Waals surface area contributed by atoms with Gasteiger partial charge in [0.2, 0.25) is 12.7 Å². The van der Waals surface area contributed by atoms with Crippen LogP contribution in [-0.4, -0.2) is 37.3 Å². The number of carbonyl (C=O) groups is 1. The van der Waals surface area contributed by atoms with E-state index in [0.29, 0.717) is 13.2 Å². The Kier molecular flexibility index (Phi) is 8.18. The van der Waals surface area contributed by atoms with E-state index in [-0.39, 0.29) is 24.7 Å². The van der Waals surface area contributed by atoms with E-state index in [1.807, 2.05) is 18.2 Å². The maximum absolute atomic E-state index is 13.4.